The van der Waals surface area contributed by atoms with Crippen LogP contribution in [0, 0.1) is 16.7 Å². The van der Waals surface area contributed by atoms with Crippen molar-refractivity contribution in [3.8, 4) is 6.07 Å². The van der Waals surface area contributed by atoms with E-state index in [1.54, 1.807) is 19.2 Å². The van der Waals surface area contributed by atoms with Crippen LogP contribution in [0.15, 0.2) is 12.1 Å². The summed E-state index contributed by atoms with van der Waals surface area (Å²) in [4.78, 5) is 0. The first-order chi connectivity index (χ1) is 8.78. The third-order valence-electron chi connectivity index (χ3n) is 3.67. The average Bonchev–Trinajstić information content (AvgIpc) is 2.38. The van der Waals surface area contributed by atoms with Gasteiger partial charge in [0.25, 0.3) is 0 Å². The first-order valence-corrected chi connectivity index (χ1v) is 6.25. The molecule has 96 valence electrons. The molecular formula is C13H18N4O. The fourth-order valence-electron chi connectivity index (χ4n) is 2.27. The van der Waals surface area contributed by atoms with Gasteiger partial charge >= 0.3 is 0 Å². The fourth-order valence-corrected chi connectivity index (χ4v) is 2.27. The van der Waals surface area contributed by atoms with E-state index in [0.717, 1.165) is 25.4 Å². The summed E-state index contributed by atoms with van der Waals surface area (Å²) in [6.07, 6.45) is 4.87. The van der Waals surface area contributed by atoms with Gasteiger partial charge in [0.2, 0.25) is 0 Å². The van der Waals surface area contributed by atoms with E-state index in [-0.39, 0.29) is 0 Å². The lowest BCUT2D eigenvalue weighted by molar-refractivity contribution is 0.0812. The van der Waals surface area contributed by atoms with Crippen LogP contribution in [0.4, 0.5) is 5.82 Å². The first-order valence-electron chi connectivity index (χ1n) is 6.25. The molecule has 1 N–H and O–H groups in total. The summed E-state index contributed by atoms with van der Waals surface area (Å²) < 4.78 is 5.16. The van der Waals surface area contributed by atoms with Crippen LogP contribution < -0.4 is 5.32 Å². The Bertz CT molecular complexity index is 420. The van der Waals surface area contributed by atoms with Crippen molar-refractivity contribution < 1.29 is 4.74 Å². The smallest absolute Gasteiger partial charge is 0.163 e. The molecule has 0 aromatic carbocycles. The van der Waals surface area contributed by atoms with E-state index in [9.17, 15) is 0 Å². The number of nitriles is 1. The second kappa shape index (κ2) is 5.78. The zero-order valence-electron chi connectivity index (χ0n) is 10.6. The molecule has 1 fully saturated rings. The van der Waals surface area contributed by atoms with Crippen molar-refractivity contribution in [2.45, 2.75) is 25.7 Å². The Morgan fingerprint density at radius 2 is 2.28 bits per heavy atom. The van der Waals surface area contributed by atoms with Gasteiger partial charge in [0, 0.05) is 20.3 Å². The average molecular weight is 246 g/mol. The third kappa shape index (κ3) is 2.96. The molecule has 0 radical (unpaired) electrons. The summed E-state index contributed by atoms with van der Waals surface area (Å²) in [6.45, 7) is 1.71. The van der Waals surface area contributed by atoms with Gasteiger partial charge in [-0.1, -0.05) is 6.42 Å². The minimum Gasteiger partial charge on any atom is -0.385 e. The van der Waals surface area contributed by atoms with Gasteiger partial charge in [0.1, 0.15) is 11.9 Å². The zero-order valence-corrected chi connectivity index (χ0v) is 10.6. The molecule has 5 heteroatoms. The Labute approximate surface area is 107 Å². The van der Waals surface area contributed by atoms with Crippen molar-refractivity contribution in [3.63, 3.8) is 0 Å². The van der Waals surface area contributed by atoms with Crippen LogP contribution in [0.5, 0.6) is 0 Å². The molecule has 1 aromatic rings. The second-order valence-corrected chi connectivity index (χ2v) is 4.87. The van der Waals surface area contributed by atoms with Crippen LogP contribution in [-0.4, -0.2) is 30.5 Å². The summed E-state index contributed by atoms with van der Waals surface area (Å²) >= 11 is 0. The van der Waals surface area contributed by atoms with Crippen molar-refractivity contribution in [2.75, 3.05) is 25.6 Å². The van der Waals surface area contributed by atoms with Gasteiger partial charge in [-0.15, -0.1) is 10.2 Å². The number of nitrogens with zero attached hydrogens (tertiary/aromatic N) is 3. The molecule has 2 rings (SSSR count). The predicted molar refractivity (Wildman–Crippen MR) is 68.0 cm³/mol. The Kier molecular flexibility index (Phi) is 4.11. The van der Waals surface area contributed by atoms with Crippen LogP contribution in [0.2, 0.25) is 0 Å². The number of hydrogen-bond acceptors (Lipinski definition) is 5. The minimum absolute atomic E-state index is 0.346. The van der Waals surface area contributed by atoms with Crippen LogP contribution in [0.3, 0.4) is 0 Å². The van der Waals surface area contributed by atoms with Crippen LogP contribution in [-0.2, 0) is 4.74 Å². The molecule has 0 bridgehead atoms. The van der Waals surface area contributed by atoms with Gasteiger partial charge < -0.3 is 10.1 Å². The van der Waals surface area contributed by atoms with Crippen molar-refractivity contribution >= 4 is 5.82 Å². The molecule has 1 aliphatic rings. The summed E-state index contributed by atoms with van der Waals surface area (Å²) in [5.74, 6) is 0.734. The van der Waals surface area contributed by atoms with E-state index in [0.29, 0.717) is 11.1 Å². The maximum atomic E-state index is 8.65. The van der Waals surface area contributed by atoms with Gasteiger partial charge in [-0.2, -0.15) is 5.26 Å². The van der Waals surface area contributed by atoms with Crippen molar-refractivity contribution in [2.24, 2.45) is 5.41 Å². The molecule has 1 saturated carbocycles. The predicted octanol–water partition coefficient (Wildman–Crippen LogP) is 1.97. The molecule has 0 amide bonds. The highest BCUT2D eigenvalue weighted by atomic mass is 16.5. The zero-order chi connectivity index (χ0) is 12.8. The van der Waals surface area contributed by atoms with Crippen molar-refractivity contribution in [3.05, 3.63) is 17.8 Å². The Morgan fingerprint density at radius 1 is 1.44 bits per heavy atom. The highest BCUT2D eigenvalue weighted by Crippen LogP contribution is 2.43. The molecule has 0 atom stereocenters. The quantitative estimate of drug-likeness (QED) is 0.830. The SMILES string of the molecule is COCCC1(CNc2ccc(C#N)nn2)CCC1. The van der Waals surface area contributed by atoms with Gasteiger partial charge in [0.05, 0.1) is 0 Å². The van der Waals surface area contributed by atoms with E-state index in [1.807, 2.05) is 6.07 Å². The van der Waals surface area contributed by atoms with E-state index in [4.69, 9.17) is 10.00 Å². The van der Waals surface area contributed by atoms with Gasteiger partial charge in [-0.3, -0.25) is 0 Å². The topological polar surface area (TPSA) is 70.8 Å². The second-order valence-electron chi connectivity index (χ2n) is 4.87. The first kappa shape index (κ1) is 12.8. The maximum absolute atomic E-state index is 8.65. The molecular weight excluding hydrogens is 228 g/mol. The molecule has 1 aliphatic carbocycles. The summed E-state index contributed by atoms with van der Waals surface area (Å²) in [5, 5.41) is 19.7. The molecule has 1 heterocycles. The number of methoxy groups -OCH3 is 1. The van der Waals surface area contributed by atoms with Crippen molar-refractivity contribution in [1.29, 1.82) is 5.26 Å². The van der Waals surface area contributed by atoms with E-state index in [1.165, 1.54) is 19.3 Å². The summed E-state index contributed by atoms with van der Waals surface area (Å²) in [6, 6.07) is 5.44. The minimum atomic E-state index is 0.346. The lowest BCUT2D eigenvalue weighted by Crippen LogP contribution is -2.37. The fraction of sp³-hybridized carbons (Fsp3) is 0.615. The van der Waals surface area contributed by atoms with Gasteiger partial charge in [-0.05, 0) is 36.8 Å². The largest absolute Gasteiger partial charge is 0.385 e. The van der Waals surface area contributed by atoms with Crippen LogP contribution in [0.1, 0.15) is 31.4 Å². The Hall–Kier alpha value is -1.67. The Morgan fingerprint density at radius 3 is 2.78 bits per heavy atom. The number of rotatable bonds is 6. The molecule has 5 nitrogen and oxygen atoms in total. The van der Waals surface area contributed by atoms with Crippen LogP contribution >= 0.6 is 0 Å². The summed E-state index contributed by atoms with van der Waals surface area (Å²) in [7, 11) is 1.74. The number of hydrogen-bond donors (Lipinski definition) is 1. The molecule has 0 saturated heterocycles. The van der Waals surface area contributed by atoms with E-state index >= 15 is 0 Å². The molecule has 0 spiro atoms. The Balaban J connectivity index is 1.87. The molecule has 0 unspecified atom stereocenters. The standard InChI is InChI=1S/C13H18N4O/c1-18-8-7-13(5-2-6-13)10-15-12-4-3-11(9-14)16-17-12/h3-4H,2,5-8,10H2,1H3,(H,15,17). The van der Waals surface area contributed by atoms with E-state index < -0.39 is 0 Å². The summed E-state index contributed by atoms with van der Waals surface area (Å²) in [5.41, 5.74) is 0.698. The number of ether oxygens (including phenoxy) is 1. The van der Waals surface area contributed by atoms with E-state index in [2.05, 4.69) is 15.5 Å². The monoisotopic (exact) mass is 246 g/mol. The van der Waals surface area contributed by atoms with Crippen LogP contribution in [0.25, 0.3) is 0 Å². The van der Waals surface area contributed by atoms with Crippen molar-refractivity contribution in [1.82, 2.24) is 10.2 Å². The normalized spacial score (nSPS) is 16.7. The highest BCUT2D eigenvalue weighted by molar-refractivity contribution is 5.35. The third-order valence-corrected chi connectivity index (χ3v) is 3.67. The number of nitrogens with one attached hydrogen (secondary N) is 1. The molecule has 1 aromatic heterocycles. The maximum Gasteiger partial charge on any atom is 0.163 e. The molecule has 18 heavy (non-hydrogen) atoms. The van der Waals surface area contributed by atoms with Gasteiger partial charge in [0.15, 0.2) is 5.69 Å². The lowest BCUT2D eigenvalue weighted by Gasteiger charge is -2.42. The van der Waals surface area contributed by atoms with Gasteiger partial charge in [-0.25, -0.2) is 0 Å². The lowest BCUT2D eigenvalue weighted by atomic mass is 9.67. The highest BCUT2D eigenvalue weighted by Gasteiger charge is 2.36. The number of anilines is 1. The molecule has 0 aliphatic heterocycles. The number of aromatic nitrogens is 2.